The van der Waals surface area contributed by atoms with Crippen LogP contribution in [0.15, 0.2) is 10.8 Å². The minimum Gasteiger partial charge on any atom is -0.427 e. The van der Waals surface area contributed by atoms with Crippen LogP contribution < -0.4 is 0 Å². The van der Waals surface area contributed by atoms with E-state index in [1.807, 2.05) is 0 Å². The molecular formula is C3H4N2O3S. The zero-order valence-corrected chi connectivity index (χ0v) is 5.17. The monoisotopic (exact) mass is 148 g/mol. The van der Waals surface area contributed by atoms with Gasteiger partial charge in [-0.3, -0.25) is 0 Å². The van der Waals surface area contributed by atoms with E-state index >= 15 is 0 Å². The zero-order chi connectivity index (χ0) is 6.69. The number of hydrogen-bond acceptors (Lipinski definition) is 4. The average molecular weight is 148 g/mol. The molecule has 0 aromatic carbocycles. The lowest BCUT2D eigenvalue weighted by molar-refractivity contribution is 0.500. The molecule has 1 unspecified atom stereocenters. The van der Waals surface area contributed by atoms with E-state index in [0.29, 0.717) is 0 Å². The highest BCUT2D eigenvalue weighted by Crippen LogP contribution is 1.93. The third kappa shape index (κ3) is 1.90. The molecule has 0 spiro atoms. The van der Waals surface area contributed by atoms with Crippen molar-refractivity contribution in [2.75, 3.05) is 0 Å². The first-order valence-corrected chi connectivity index (χ1v) is 3.39. The predicted molar refractivity (Wildman–Crippen MR) is 28.8 cm³/mol. The van der Waals surface area contributed by atoms with Crippen LogP contribution in [0.5, 0.6) is 0 Å². The van der Waals surface area contributed by atoms with Crippen molar-refractivity contribution in [3.05, 3.63) is 12.3 Å². The van der Waals surface area contributed by atoms with Gasteiger partial charge in [0, 0.05) is 0 Å². The Morgan fingerprint density at radius 3 is 3.11 bits per heavy atom. The third-order valence-electron chi connectivity index (χ3n) is 0.652. The fourth-order valence-corrected chi connectivity index (χ4v) is 0.701. The van der Waals surface area contributed by atoms with E-state index in [0.717, 1.165) is 6.39 Å². The molecule has 0 saturated heterocycles. The zero-order valence-electron chi connectivity index (χ0n) is 4.35. The van der Waals surface area contributed by atoms with Crippen molar-refractivity contribution in [1.29, 1.82) is 0 Å². The van der Waals surface area contributed by atoms with Crippen LogP contribution in [-0.4, -0.2) is 19.0 Å². The third-order valence-corrected chi connectivity index (χ3v) is 1.15. The molecule has 1 heterocycles. The summed E-state index contributed by atoms with van der Waals surface area (Å²) in [7, 11) is 0. The Morgan fingerprint density at radius 1 is 1.89 bits per heavy atom. The molecule has 1 aromatic heterocycles. The summed E-state index contributed by atoms with van der Waals surface area (Å²) in [6.07, 6.45) is 1.11. The van der Waals surface area contributed by atoms with Crippen LogP contribution in [0.4, 0.5) is 0 Å². The van der Waals surface area contributed by atoms with E-state index in [-0.39, 0.29) is 11.6 Å². The van der Waals surface area contributed by atoms with Gasteiger partial charge in [-0.05, 0) is 0 Å². The summed E-state index contributed by atoms with van der Waals surface area (Å²) in [6, 6.07) is 0. The highest BCUT2D eigenvalue weighted by molar-refractivity contribution is 7.78. The molecule has 0 aliphatic carbocycles. The quantitative estimate of drug-likeness (QED) is 0.587. The second-order valence-electron chi connectivity index (χ2n) is 1.30. The first kappa shape index (κ1) is 6.37. The van der Waals surface area contributed by atoms with Crippen LogP contribution in [0.2, 0.25) is 0 Å². The largest absolute Gasteiger partial charge is 0.427 e. The smallest absolute Gasteiger partial charge is 0.231 e. The maximum atomic E-state index is 10.0. The molecule has 0 bridgehead atoms. The molecule has 5 nitrogen and oxygen atoms in total. The Hall–Kier alpha value is -0.750. The topological polar surface area (TPSA) is 76.2 Å². The molecule has 9 heavy (non-hydrogen) atoms. The average Bonchev–Trinajstić information content (AvgIpc) is 2.15. The van der Waals surface area contributed by atoms with E-state index in [2.05, 4.69) is 14.6 Å². The van der Waals surface area contributed by atoms with Crippen molar-refractivity contribution >= 4 is 11.1 Å². The second-order valence-corrected chi connectivity index (χ2v) is 2.23. The Bertz CT molecular complexity index is 197. The fraction of sp³-hybridized carbons (Fsp3) is 0.333. The molecule has 1 N–H and O–H groups in total. The van der Waals surface area contributed by atoms with Crippen molar-refractivity contribution in [3.8, 4) is 0 Å². The molecule has 0 amide bonds. The molecule has 1 aromatic rings. The van der Waals surface area contributed by atoms with Crippen LogP contribution in [0.25, 0.3) is 0 Å². The normalized spacial score (nSPS) is 13.4. The molecule has 0 aliphatic rings. The lowest BCUT2D eigenvalue weighted by Gasteiger charge is -1.83. The van der Waals surface area contributed by atoms with E-state index in [1.165, 1.54) is 0 Å². The maximum Gasteiger partial charge on any atom is 0.231 e. The Labute approximate surface area is 53.4 Å². The summed E-state index contributed by atoms with van der Waals surface area (Å²) in [5.74, 6) is 0.0795. The van der Waals surface area contributed by atoms with Crippen molar-refractivity contribution < 1.29 is 13.2 Å². The molecule has 0 saturated carbocycles. The van der Waals surface area contributed by atoms with Crippen LogP contribution in [-0.2, 0) is 16.8 Å². The molecule has 1 rings (SSSR count). The van der Waals surface area contributed by atoms with Crippen molar-refractivity contribution in [2.45, 2.75) is 5.75 Å². The van der Waals surface area contributed by atoms with Gasteiger partial charge in [-0.15, -0.1) is 10.2 Å². The van der Waals surface area contributed by atoms with Crippen LogP contribution in [0.3, 0.4) is 0 Å². The molecule has 6 heteroatoms. The fourth-order valence-electron chi connectivity index (χ4n) is 0.364. The SMILES string of the molecule is O=S(O)Cc1nnco1. The van der Waals surface area contributed by atoms with Crippen molar-refractivity contribution in [3.63, 3.8) is 0 Å². The Kier molecular flexibility index (Phi) is 1.91. The summed E-state index contributed by atoms with van der Waals surface area (Å²) in [5.41, 5.74) is 0. The van der Waals surface area contributed by atoms with E-state index in [4.69, 9.17) is 4.55 Å². The minimum absolute atomic E-state index is 0.0972. The lowest BCUT2D eigenvalue weighted by Crippen LogP contribution is -1.92. The van der Waals surface area contributed by atoms with Gasteiger partial charge in [0.1, 0.15) is 5.75 Å². The van der Waals surface area contributed by atoms with Gasteiger partial charge in [0.2, 0.25) is 12.3 Å². The molecule has 0 radical (unpaired) electrons. The van der Waals surface area contributed by atoms with Gasteiger partial charge in [0.05, 0.1) is 0 Å². The van der Waals surface area contributed by atoms with Crippen molar-refractivity contribution in [2.24, 2.45) is 0 Å². The van der Waals surface area contributed by atoms with Gasteiger partial charge in [-0.25, -0.2) is 4.21 Å². The van der Waals surface area contributed by atoms with Crippen LogP contribution in [0.1, 0.15) is 5.89 Å². The Morgan fingerprint density at radius 2 is 2.67 bits per heavy atom. The summed E-state index contributed by atoms with van der Waals surface area (Å²) in [5, 5.41) is 6.70. The van der Waals surface area contributed by atoms with Gasteiger partial charge in [0.25, 0.3) is 0 Å². The summed E-state index contributed by atoms with van der Waals surface area (Å²) >= 11 is -1.89. The highest BCUT2D eigenvalue weighted by Gasteiger charge is 2.01. The number of hydrogen-bond donors (Lipinski definition) is 1. The van der Waals surface area contributed by atoms with Crippen LogP contribution >= 0.6 is 0 Å². The van der Waals surface area contributed by atoms with E-state index in [9.17, 15) is 4.21 Å². The van der Waals surface area contributed by atoms with Gasteiger partial charge in [0.15, 0.2) is 11.1 Å². The number of nitrogens with zero attached hydrogens (tertiary/aromatic N) is 2. The van der Waals surface area contributed by atoms with Gasteiger partial charge < -0.3 is 8.97 Å². The molecule has 1 atom stereocenters. The standard InChI is InChI=1S/C3H4N2O3S/c6-9(7)1-3-5-4-2-8-3/h2H,1H2,(H,6,7). The number of rotatable bonds is 2. The summed E-state index contributed by atoms with van der Waals surface area (Å²) in [4.78, 5) is 0. The number of aromatic nitrogens is 2. The van der Waals surface area contributed by atoms with Gasteiger partial charge >= 0.3 is 0 Å². The minimum atomic E-state index is -1.89. The van der Waals surface area contributed by atoms with E-state index < -0.39 is 11.1 Å². The first-order chi connectivity index (χ1) is 4.29. The summed E-state index contributed by atoms with van der Waals surface area (Å²) in [6.45, 7) is 0. The first-order valence-electron chi connectivity index (χ1n) is 2.11. The molecule has 0 fully saturated rings. The second kappa shape index (κ2) is 2.70. The maximum absolute atomic E-state index is 10.0. The predicted octanol–water partition coefficient (Wildman–Crippen LogP) is -0.209. The van der Waals surface area contributed by atoms with E-state index in [1.54, 1.807) is 0 Å². The van der Waals surface area contributed by atoms with Crippen molar-refractivity contribution in [1.82, 2.24) is 10.2 Å². The molecule has 50 valence electrons. The van der Waals surface area contributed by atoms with Gasteiger partial charge in [-0.2, -0.15) is 0 Å². The summed E-state index contributed by atoms with van der Waals surface area (Å²) < 4.78 is 22.9. The van der Waals surface area contributed by atoms with Gasteiger partial charge in [-0.1, -0.05) is 0 Å². The molecule has 0 aliphatic heterocycles. The van der Waals surface area contributed by atoms with Crippen LogP contribution in [0, 0.1) is 0 Å². The molecular weight excluding hydrogens is 144 g/mol. The Balaban J connectivity index is 2.58. The highest BCUT2D eigenvalue weighted by atomic mass is 32.2. The lowest BCUT2D eigenvalue weighted by atomic mass is 10.8.